The number of rotatable bonds is 2. The molecular formula is C25H38NSi+. The van der Waals surface area contributed by atoms with Crippen LogP contribution >= 0.6 is 0 Å². The van der Waals surface area contributed by atoms with Gasteiger partial charge in [0.2, 0.25) is 5.69 Å². The predicted molar refractivity (Wildman–Crippen MR) is 120 cm³/mol. The molecule has 27 heavy (non-hydrogen) atoms. The summed E-state index contributed by atoms with van der Waals surface area (Å²) in [5.74, 6) is 0. The van der Waals surface area contributed by atoms with Crippen LogP contribution in [-0.4, -0.2) is 8.07 Å². The Morgan fingerprint density at radius 1 is 1.00 bits per heavy atom. The molecule has 0 aliphatic carbocycles. The van der Waals surface area contributed by atoms with Crippen LogP contribution < -0.4 is 4.57 Å². The zero-order chi connectivity index (χ0) is 20.0. The second-order valence-electron chi connectivity index (χ2n) is 10.9. The number of nitrogens with zero attached hydrogens (tertiary/aromatic N) is 1. The van der Waals surface area contributed by atoms with Gasteiger partial charge in [-0.05, 0) is 53.9 Å². The van der Waals surface area contributed by atoms with E-state index in [-0.39, 0.29) is 5.41 Å². The van der Waals surface area contributed by atoms with Gasteiger partial charge < -0.3 is 0 Å². The van der Waals surface area contributed by atoms with Crippen LogP contribution in [0.4, 0.5) is 0 Å². The molecule has 2 heterocycles. The Hall–Kier alpha value is -1.41. The molecule has 0 amide bonds. The van der Waals surface area contributed by atoms with Crippen molar-refractivity contribution in [2.45, 2.75) is 83.5 Å². The summed E-state index contributed by atoms with van der Waals surface area (Å²) in [6, 6.07) is 14.7. The van der Waals surface area contributed by atoms with Crippen LogP contribution in [0, 0.1) is 6.92 Å². The van der Waals surface area contributed by atoms with E-state index in [9.17, 15) is 0 Å². The van der Waals surface area contributed by atoms with Crippen molar-refractivity contribution in [3.63, 3.8) is 0 Å². The third kappa shape index (κ3) is 4.21. The summed E-state index contributed by atoms with van der Waals surface area (Å²) in [5.41, 5.74) is 7.53. The minimum atomic E-state index is -0.921. The summed E-state index contributed by atoms with van der Waals surface area (Å²) >= 11 is 0. The lowest BCUT2D eigenvalue weighted by Gasteiger charge is -2.41. The normalized spacial score (nSPS) is 19.1. The van der Waals surface area contributed by atoms with Gasteiger partial charge in [0.25, 0.3) is 0 Å². The van der Waals surface area contributed by atoms with Gasteiger partial charge in [0.1, 0.15) is 7.05 Å². The molecular weight excluding hydrogens is 342 g/mol. The summed E-state index contributed by atoms with van der Waals surface area (Å²) in [5, 5.41) is 0. The molecule has 2 heteroatoms. The third-order valence-corrected chi connectivity index (χ3v) is 10.1. The van der Waals surface area contributed by atoms with E-state index < -0.39 is 8.07 Å². The molecule has 1 aromatic heterocycles. The molecule has 0 spiro atoms. The second-order valence-corrected chi connectivity index (χ2v) is 16.2. The van der Waals surface area contributed by atoms with Gasteiger partial charge in [0.15, 0.2) is 6.20 Å². The Morgan fingerprint density at radius 3 is 2.15 bits per heavy atom. The Bertz CT molecular complexity index is 832. The van der Waals surface area contributed by atoms with E-state index in [0.717, 1.165) is 0 Å². The van der Waals surface area contributed by atoms with E-state index in [2.05, 4.69) is 95.9 Å². The van der Waals surface area contributed by atoms with Gasteiger partial charge >= 0.3 is 0 Å². The minimum Gasteiger partial charge on any atom is -0.201 e. The number of hydrogen-bond donors (Lipinski definition) is 0. The molecule has 3 rings (SSSR count). The minimum absolute atomic E-state index is 0.182. The van der Waals surface area contributed by atoms with E-state index in [4.69, 9.17) is 0 Å². The fourth-order valence-electron chi connectivity index (χ4n) is 4.42. The highest BCUT2D eigenvalue weighted by Crippen LogP contribution is 2.44. The fraction of sp³-hybridized carbons (Fsp3) is 0.560. The third-order valence-electron chi connectivity index (χ3n) is 6.91. The highest BCUT2D eigenvalue weighted by atomic mass is 28.3. The standard InChI is InChI=1S/C25H38NSi/c1-19-17-20(25(5)13-15-27(7,8)16-14-25)9-11-22(19)23-12-10-21(18-26(23)6)24(2,3)4/h9-12,17-18H,13-16H2,1-8H3/q+1. The first-order chi connectivity index (χ1) is 12.4. The first-order valence-corrected chi connectivity index (χ1v) is 13.9. The molecule has 0 bridgehead atoms. The van der Waals surface area contributed by atoms with Gasteiger partial charge in [-0.15, -0.1) is 0 Å². The monoisotopic (exact) mass is 380 g/mol. The predicted octanol–water partition coefficient (Wildman–Crippen LogP) is 6.54. The lowest BCUT2D eigenvalue weighted by atomic mass is 9.76. The summed E-state index contributed by atoms with van der Waals surface area (Å²) in [7, 11) is 1.25. The fourth-order valence-corrected chi connectivity index (χ4v) is 7.13. The van der Waals surface area contributed by atoms with Gasteiger partial charge in [-0.3, -0.25) is 0 Å². The van der Waals surface area contributed by atoms with E-state index in [1.165, 1.54) is 47.3 Å². The quantitative estimate of drug-likeness (QED) is 0.411. The summed E-state index contributed by atoms with van der Waals surface area (Å²) in [6.07, 6.45) is 5.01. The maximum absolute atomic E-state index is 2.56. The Labute approximate surface area is 167 Å². The van der Waals surface area contributed by atoms with Crippen LogP contribution in [0.15, 0.2) is 36.5 Å². The van der Waals surface area contributed by atoms with Gasteiger partial charge in [-0.25, -0.2) is 4.57 Å². The molecule has 0 radical (unpaired) electrons. The summed E-state index contributed by atoms with van der Waals surface area (Å²) in [6.45, 7) is 16.7. The molecule has 1 saturated heterocycles. The Morgan fingerprint density at radius 2 is 1.63 bits per heavy atom. The number of hydrogen-bond acceptors (Lipinski definition) is 0. The van der Waals surface area contributed by atoms with E-state index in [1.807, 2.05) is 0 Å². The zero-order valence-corrected chi connectivity index (χ0v) is 19.7. The number of benzene rings is 1. The van der Waals surface area contributed by atoms with Crippen molar-refractivity contribution in [2.75, 3.05) is 0 Å². The van der Waals surface area contributed by atoms with Crippen LogP contribution in [0.25, 0.3) is 11.3 Å². The molecule has 2 aromatic rings. The first-order valence-electron chi connectivity index (χ1n) is 10.5. The largest absolute Gasteiger partial charge is 0.212 e. The maximum Gasteiger partial charge on any atom is 0.212 e. The highest BCUT2D eigenvalue weighted by molar-refractivity contribution is 6.77. The van der Waals surface area contributed by atoms with Crippen LogP contribution in [-0.2, 0) is 17.9 Å². The molecule has 1 aromatic carbocycles. The van der Waals surface area contributed by atoms with Crippen molar-refractivity contribution in [3.8, 4) is 11.3 Å². The smallest absolute Gasteiger partial charge is 0.201 e. The number of aromatic nitrogens is 1. The molecule has 0 N–H and O–H groups in total. The molecule has 1 aliphatic rings. The number of pyridine rings is 1. The van der Waals surface area contributed by atoms with Crippen molar-refractivity contribution in [1.82, 2.24) is 0 Å². The second kappa shape index (κ2) is 6.88. The lowest BCUT2D eigenvalue weighted by Crippen LogP contribution is -2.38. The van der Waals surface area contributed by atoms with Crippen molar-refractivity contribution < 1.29 is 4.57 Å². The van der Waals surface area contributed by atoms with Crippen molar-refractivity contribution >= 4 is 8.07 Å². The van der Waals surface area contributed by atoms with Crippen molar-refractivity contribution in [2.24, 2.45) is 7.05 Å². The Kier molecular flexibility index (Phi) is 5.18. The molecule has 0 saturated carbocycles. The van der Waals surface area contributed by atoms with E-state index in [1.54, 1.807) is 5.56 Å². The first kappa shape index (κ1) is 20.3. The van der Waals surface area contributed by atoms with Crippen molar-refractivity contribution in [1.29, 1.82) is 0 Å². The average Bonchev–Trinajstić information content (AvgIpc) is 2.57. The molecule has 1 nitrogen and oxygen atoms in total. The van der Waals surface area contributed by atoms with Crippen LogP contribution in [0.2, 0.25) is 25.2 Å². The molecule has 146 valence electrons. The van der Waals surface area contributed by atoms with Gasteiger partial charge in [-0.1, -0.05) is 65.0 Å². The van der Waals surface area contributed by atoms with Crippen molar-refractivity contribution in [3.05, 3.63) is 53.2 Å². The van der Waals surface area contributed by atoms with Crippen LogP contribution in [0.1, 0.15) is 57.2 Å². The van der Waals surface area contributed by atoms with Gasteiger partial charge in [-0.2, -0.15) is 0 Å². The topological polar surface area (TPSA) is 3.88 Å². The zero-order valence-electron chi connectivity index (χ0n) is 18.7. The molecule has 0 unspecified atom stereocenters. The van der Waals surface area contributed by atoms with Gasteiger partial charge in [0.05, 0.1) is 0 Å². The van der Waals surface area contributed by atoms with Crippen LogP contribution in [0.5, 0.6) is 0 Å². The summed E-state index contributed by atoms with van der Waals surface area (Å²) in [4.78, 5) is 0. The van der Waals surface area contributed by atoms with Gasteiger partial charge in [0, 0.05) is 25.3 Å². The molecule has 1 aliphatic heterocycles. The molecule has 1 fully saturated rings. The average molecular weight is 381 g/mol. The Balaban J connectivity index is 1.92. The lowest BCUT2D eigenvalue weighted by molar-refractivity contribution is -0.661. The van der Waals surface area contributed by atoms with Crippen LogP contribution in [0.3, 0.4) is 0 Å². The molecule has 0 atom stereocenters. The van der Waals surface area contributed by atoms with E-state index in [0.29, 0.717) is 5.41 Å². The van der Waals surface area contributed by atoms with E-state index >= 15 is 0 Å². The summed E-state index contributed by atoms with van der Waals surface area (Å²) < 4.78 is 2.29. The number of aryl methyl sites for hydroxylation is 2. The SMILES string of the molecule is Cc1cc(C2(C)CC[Si](C)(C)CC2)ccc1-c1ccc(C(C)(C)C)c[n+]1C. The maximum atomic E-state index is 2.56. The highest BCUT2D eigenvalue weighted by Gasteiger charge is 2.37.